The van der Waals surface area contributed by atoms with Crippen LogP contribution in [0.3, 0.4) is 0 Å². The van der Waals surface area contributed by atoms with E-state index in [1.807, 2.05) is 31.6 Å². The number of rotatable bonds is 1. The molecule has 0 saturated heterocycles. The molecule has 88 valence electrons. The summed E-state index contributed by atoms with van der Waals surface area (Å²) in [7, 11) is 2.04. The quantitative estimate of drug-likeness (QED) is 0.684. The minimum absolute atomic E-state index is 0.126. The average molecular weight is 227 g/mol. The summed E-state index contributed by atoms with van der Waals surface area (Å²) < 4.78 is 2.09. The molecule has 1 aromatic heterocycles. The second kappa shape index (κ2) is 4.28. The van der Waals surface area contributed by atoms with Crippen LogP contribution in [-0.4, -0.2) is 4.98 Å². The third kappa shape index (κ3) is 2.52. The van der Waals surface area contributed by atoms with Gasteiger partial charge in [0, 0.05) is 17.0 Å². The van der Waals surface area contributed by atoms with Gasteiger partial charge >= 0.3 is 0 Å². The topological polar surface area (TPSA) is 16.8 Å². The molecule has 2 aromatic rings. The zero-order chi connectivity index (χ0) is 12.5. The Kier molecular flexibility index (Phi) is 2.97. The summed E-state index contributed by atoms with van der Waals surface area (Å²) in [6.45, 7) is 6.66. The van der Waals surface area contributed by atoms with Crippen molar-refractivity contribution in [1.82, 2.24) is 4.98 Å². The molecule has 0 bridgehead atoms. The van der Waals surface area contributed by atoms with Crippen molar-refractivity contribution in [1.29, 1.82) is 0 Å². The van der Waals surface area contributed by atoms with E-state index in [0.717, 1.165) is 5.69 Å². The lowest BCUT2D eigenvalue weighted by Gasteiger charge is -2.17. The van der Waals surface area contributed by atoms with E-state index in [9.17, 15) is 0 Å². The summed E-state index contributed by atoms with van der Waals surface area (Å²) in [4.78, 5) is 4.49. The largest absolute Gasteiger partial charge is 0.286 e. The maximum atomic E-state index is 4.49. The molecule has 0 atom stereocenters. The fourth-order valence-electron chi connectivity index (χ4n) is 1.99. The number of benzene rings is 1. The highest BCUT2D eigenvalue weighted by atomic mass is 15.0. The molecule has 0 radical (unpaired) electrons. The van der Waals surface area contributed by atoms with Crippen LogP contribution in [0.5, 0.6) is 0 Å². The molecule has 0 spiro atoms. The summed E-state index contributed by atoms with van der Waals surface area (Å²) in [5, 5.41) is 0. The molecule has 0 saturated carbocycles. The van der Waals surface area contributed by atoms with E-state index in [4.69, 9.17) is 0 Å². The van der Waals surface area contributed by atoms with Crippen LogP contribution in [0.2, 0.25) is 0 Å². The Morgan fingerprint density at radius 2 is 1.71 bits per heavy atom. The molecule has 2 rings (SSSR count). The Labute approximate surface area is 103 Å². The fraction of sp³-hybridized carbons (Fsp3) is 0.333. The van der Waals surface area contributed by atoms with Crippen molar-refractivity contribution in [3.63, 3.8) is 0 Å². The van der Waals surface area contributed by atoms with Crippen molar-refractivity contribution in [3.8, 4) is 11.3 Å². The van der Waals surface area contributed by atoms with Crippen molar-refractivity contribution in [2.24, 2.45) is 7.05 Å². The molecular formula is C15H19N2+. The second-order valence-electron chi connectivity index (χ2n) is 5.39. The first kappa shape index (κ1) is 11.8. The first-order valence-electron chi connectivity index (χ1n) is 5.90. The predicted molar refractivity (Wildman–Crippen MR) is 69.5 cm³/mol. The number of aryl methyl sites for hydroxylation is 1. The van der Waals surface area contributed by atoms with Crippen molar-refractivity contribution < 1.29 is 4.57 Å². The Morgan fingerprint density at radius 3 is 2.29 bits per heavy atom. The van der Waals surface area contributed by atoms with Gasteiger partial charge in [-0.15, -0.1) is 0 Å². The highest BCUT2D eigenvalue weighted by molar-refractivity contribution is 5.58. The summed E-state index contributed by atoms with van der Waals surface area (Å²) >= 11 is 0. The highest BCUT2D eigenvalue weighted by Crippen LogP contribution is 2.22. The molecule has 1 aromatic carbocycles. The first-order valence-corrected chi connectivity index (χ1v) is 5.90. The SMILES string of the molecule is C[n+]1cnc(-c2ccccc2)cc1C(C)(C)C. The van der Waals surface area contributed by atoms with Gasteiger partial charge < -0.3 is 0 Å². The van der Waals surface area contributed by atoms with Gasteiger partial charge in [0.2, 0.25) is 0 Å². The molecule has 2 nitrogen and oxygen atoms in total. The van der Waals surface area contributed by atoms with E-state index in [1.165, 1.54) is 11.3 Å². The van der Waals surface area contributed by atoms with E-state index in [2.05, 4.69) is 48.5 Å². The van der Waals surface area contributed by atoms with Gasteiger partial charge in [-0.25, -0.2) is 4.57 Å². The van der Waals surface area contributed by atoms with Crippen LogP contribution in [-0.2, 0) is 12.5 Å². The normalized spacial score (nSPS) is 11.5. The van der Waals surface area contributed by atoms with Gasteiger partial charge in [-0.2, -0.15) is 0 Å². The van der Waals surface area contributed by atoms with Crippen molar-refractivity contribution in [3.05, 3.63) is 48.4 Å². The molecular weight excluding hydrogens is 208 g/mol. The molecule has 0 unspecified atom stereocenters. The summed E-state index contributed by atoms with van der Waals surface area (Å²) in [6.07, 6.45) is 1.89. The lowest BCUT2D eigenvalue weighted by atomic mass is 9.90. The Balaban J connectivity index is 2.53. The van der Waals surface area contributed by atoms with Gasteiger partial charge in [-0.1, -0.05) is 51.1 Å². The minimum Gasteiger partial charge on any atom is -0.236 e. The van der Waals surface area contributed by atoms with E-state index >= 15 is 0 Å². The van der Waals surface area contributed by atoms with E-state index in [1.54, 1.807) is 0 Å². The van der Waals surface area contributed by atoms with E-state index in [-0.39, 0.29) is 5.41 Å². The van der Waals surface area contributed by atoms with Crippen LogP contribution in [0.25, 0.3) is 11.3 Å². The second-order valence-corrected chi connectivity index (χ2v) is 5.39. The number of aromatic nitrogens is 2. The van der Waals surface area contributed by atoms with E-state index in [0.29, 0.717) is 0 Å². The van der Waals surface area contributed by atoms with E-state index < -0.39 is 0 Å². The first-order chi connectivity index (χ1) is 7.98. The number of hydrogen-bond acceptors (Lipinski definition) is 1. The van der Waals surface area contributed by atoms with Crippen LogP contribution in [0.1, 0.15) is 26.5 Å². The molecule has 0 aliphatic rings. The van der Waals surface area contributed by atoms with Crippen molar-refractivity contribution in [2.75, 3.05) is 0 Å². The van der Waals surface area contributed by atoms with Gasteiger partial charge in [0.25, 0.3) is 6.33 Å². The van der Waals surface area contributed by atoms with Gasteiger partial charge in [0.1, 0.15) is 5.69 Å². The van der Waals surface area contributed by atoms with Crippen LogP contribution < -0.4 is 4.57 Å². The maximum absolute atomic E-state index is 4.49. The summed E-state index contributed by atoms with van der Waals surface area (Å²) in [5.41, 5.74) is 3.61. The molecule has 1 heterocycles. The van der Waals surface area contributed by atoms with Crippen LogP contribution in [0.15, 0.2) is 42.7 Å². The molecule has 0 amide bonds. The summed E-state index contributed by atoms with van der Waals surface area (Å²) in [6, 6.07) is 12.5. The monoisotopic (exact) mass is 227 g/mol. The maximum Gasteiger partial charge on any atom is 0.286 e. The smallest absolute Gasteiger partial charge is 0.236 e. The number of nitrogens with zero attached hydrogens (tertiary/aromatic N) is 2. The highest BCUT2D eigenvalue weighted by Gasteiger charge is 2.22. The average Bonchev–Trinajstić information content (AvgIpc) is 2.29. The third-order valence-corrected chi connectivity index (χ3v) is 2.86. The lowest BCUT2D eigenvalue weighted by Crippen LogP contribution is -2.39. The van der Waals surface area contributed by atoms with Gasteiger partial charge in [0.05, 0.1) is 7.05 Å². The Morgan fingerprint density at radius 1 is 1.06 bits per heavy atom. The standard InChI is InChI=1S/C15H19N2/c1-15(2,3)14-10-13(16-11-17(14)4)12-8-6-5-7-9-12/h5-11H,1-4H3/q+1. The zero-order valence-corrected chi connectivity index (χ0v) is 10.9. The molecule has 2 heteroatoms. The van der Waals surface area contributed by atoms with Gasteiger partial charge in [-0.05, 0) is 4.98 Å². The van der Waals surface area contributed by atoms with Crippen molar-refractivity contribution >= 4 is 0 Å². The lowest BCUT2D eigenvalue weighted by molar-refractivity contribution is -0.685. The fourth-order valence-corrected chi connectivity index (χ4v) is 1.99. The summed E-state index contributed by atoms with van der Waals surface area (Å²) in [5.74, 6) is 0. The third-order valence-electron chi connectivity index (χ3n) is 2.86. The molecule has 0 aliphatic carbocycles. The molecule has 0 fully saturated rings. The van der Waals surface area contributed by atoms with Crippen LogP contribution in [0, 0.1) is 0 Å². The molecule has 17 heavy (non-hydrogen) atoms. The Hall–Kier alpha value is -1.70. The predicted octanol–water partition coefficient (Wildman–Crippen LogP) is 2.87. The minimum atomic E-state index is 0.126. The van der Waals surface area contributed by atoms with Gasteiger partial charge in [-0.3, -0.25) is 0 Å². The van der Waals surface area contributed by atoms with Gasteiger partial charge in [0.15, 0.2) is 5.69 Å². The Bertz CT molecular complexity index is 510. The molecule has 0 N–H and O–H groups in total. The van der Waals surface area contributed by atoms with Crippen LogP contribution >= 0.6 is 0 Å². The van der Waals surface area contributed by atoms with Crippen LogP contribution in [0.4, 0.5) is 0 Å². The molecule has 0 aliphatic heterocycles. The van der Waals surface area contributed by atoms with Crippen molar-refractivity contribution in [2.45, 2.75) is 26.2 Å². The zero-order valence-electron chi connectivity index (χ0n) is 10.9. The number of hydrogen-bond donors (Lipinski definition) is 0.